The summed E-state index contributed by atoms with van der Waals surface area (Å²) in [5.41, 5.74) is -0.707. The lowest BCUT2D eigenvalue weighted by Gasteiger charge is -2.24. The van der Waals surface area contributed by atoms with Crippen molar-refractivity contribution in [2.45, 2.75) is 11.7 Å². The van der Waals surface area contributed by atoms with E-state index in [2.05, 4.69) is 0 Å². The van der Waals surface area contributed by atoms with E-state index in [1.54, 1.807) is 13.1 Å². The molecule has 0 aliphatic carbocycles. The molecule has 5 heteroatoms. The number of fused-ring (bicyclic) bond motifs is 1. The van der Waals surface area contributed by atoms with Gasteiger partial charge in [0.15, 0.2) is 0 Å². The van der Waals surface area contributed by atoms with Gasteiger partial charge in [-0.2, -0.15) is 0 Å². The number of ether oxygens (including phenoxy) is 1. The molecule has 2 fully saturated rings. The third kappa shape index (κ3) is 0.866. The van der Waals surface area contributed by atoms with Crippen LogP contribution in [0.5, 0.6) is 0 Å². The lowest BCUT2D eigenvalue weighted by atomic mass is 9.77. The smallest absolute Gasteiger partial charge is 0.229 e. The molecule has 1 spiro atoms. The van der Waals surface area contributed by atoms with Gasteiger partial charge >= 0.3 is 0 Å². The number of carbonyl (C=O) groups excluding carboxylic acids is 2. The minimum absolute atomic E-state index is 0.156. The molecular formula is C10H10NO4-. The summed E-state index contributed by atoms with van der Waals surface area (Å²) in [6.07, 6.45) is 3.06. The van der Waals surface area contributed by atoms with Gasteiger partial charge in [0.05, 0.1) is 18.6 Å². The molecule has 2 saturated heterocycles. The fraction of sp³-hybridized carbons (Fsp3) is 0.600. The largest absolute Gasteiger partial charge is 0.550 e. The highest BCUT2D eigenvalue weighted by molar-refractivity contribution is 5.90. The van der Waals surface area contributed by atoms with Crippen LogP contribution in [-0.2, 0) is 14.3 Å². The van der Waals surface area contributed by atoms with E-state index in [-0.39, 0.29) is 5.91 Å². The van der Waals surface area contributed by atoms with Gasteiger partial charge in [0, 0.05) is 18.9 Å². The maximum Gasteiger partial charge on any atom is 0.229 e. The Morgan fingerprint density at radius 1 is 1.73 bits per heavy atom. The molecule has 0 aromatic heterocycles. The lowest BCUT2D eigenvalue weighted by Crippen LogP contribution is -2.44. The normalized spacial score (nSPS) is 46.3. The summed E-state index contributed by atoms with van der Waals surface area (Å²) in [5.74, 6) is -2.77. The van der Waals surface area contributed by atoms with Crippen molar-refractivity contribution in [2.75, 3.05) is 13.6 Å². The first-order chi connectivity index (χ1) is 7.05. The van der Waals surface area contributed by atoms with Crippen molar-refractivity contribution in [3.8, 4) is 0 Å². The lowest BCUT2D eigenvalue weighted by molar-refractivity contribution is -0.313. The molecule has 0 unspecified atom stereocenters. The standard InChI is InChI=1S/C10H11NO4/c1-11-4-10-3-2-5(15-10)6(9(13)14)7(10)8(11)12/h2-3,5-7H,4H2,1H3,(H,13,14)/p-1/t5-,6-,7+,10-/m0/s1. The molecule has 1 amide bonds. The van der Waals surface area contributed by atoms with Crippen LogP contribution in [0.1, 0.15) is 0 Å². The summed E-state index contributed by atoms with van der Waals surface area (Å²) >= 11 is 0. The van der Waals surface area contributed by atoms with Crippen LogP contribution in [0.15, 0.2) is 12.2 Å². The average Bonchev–Trinajstić information content (AvgIpc) is 2.75. The van der Waals surface area contributed by atoms with Gasteiger partial charge in [-0.1, -0.05) is 12.2 Å². The maximum atomic E-state index is 11.8. The minimum atomic E-state index is -1.19. The Balaban J connectivity index is 2.08. The zero-order chi connectivity index (χ0) is 10.8. The highest BCUT2D eigenvalue weighted by atomic mass is 16.5. The van der Waals surface area contributed by atoms with Crippen molar-refractivity contribution in [3.63, 3.8) is 0 Å². The molecular weight excluding hydrogens is 198 g/mol. The van der Waals surface area contributed by atoms with Gasteiger partial charge in [-0.3, -0.25) is 4.79 Å². The first-order valence-corrected chi connectivity index (χ1v) is 4.88. The van der Waals surface area contributed by atoms with E-state index in [0.717, 1.165) is 0 Å². The van der Waals surface area contributed by atoms with Crippen molar-refractivity contribution in [1.82, 2.24) is 4.90 Å². The second-order valence-electron chi connectivity index (χ2n) is 4.41. The van der Waals surface area contributed by atoms with Gasteiger partial charge in [0.1, 0.15) is 5.60 Å². The van der Waals surface area contributed by atoms with Crippen LogP contribution >= 0.6 is 0 Å². The topological polar surface area (TPSA) is 69.7 Å². The predicted octanol–water partition coefficient (Wildman–Crippen LogP) is -1.85. The van der Waals surface area contributed by atoms with Crippen LogP contribution in [0, 0.1) is 11.8 Å². The number of carboxylic acids is 1. The number of carboxylic acid groups (broad SMARTS) is 1. The summed E-state index contributed by atoms with van der Waals surface area (Å²) in [6, 6.07) is 0. The highest BCUT2D eigenvalue weighted by Crippen LogP contribution is 2.51. The highest BCUT2D eigenvalue weighted by Gasteiger charge is 2.64. The van der Waals surface area contributed by atoms with Crippen LogP contribution in [0.4, 0.5) is 0 Å². The summed E-state index contributed by atoms with van der Waals surface area (Å²) in [7, 11) is 1.66. The number of hydrogen-bond donors (Lipinski definition) is 0. The van der Waals surface area contributed by atoms with E-state index in [1.165, 1.54) is 4.90 Å². The van der Waals surface area contributed by atoms with E-state index in [1.807, 2.05) is 6.08 Å². The van der Waals surface area contributed by atoms with Crippen molar-refractivity contribution < 1.29 is 19.4 Å². The second kappa shape index (κ2) is 2.41. The van der Waals surface area contributed by atoms with Crippen LogP contribution in [0.3, 0.4) is 0 Å². The Hall–Kier alpha value is -1.36. The molecule has 3 aliphatic rings. The number of carbonyl (C=O) groups is 2. The number of amides is 1. The number of hydrogen-bond acceptors (Lipinski definition) is 4. The summed E-state index contributed by atoms with van der Waals surface area (Å²) < 4.78 is 5.60. The molecule has 0 aromatic carbocycles. The van der Waals surface area contributed by atoms with Crippen LogP contribution in [0.2, 0.25) is 0 Å². The zero-order valence-corrected chi connectivity index (χ0v) is 8.17. The van der Waals surface area contributed by atoms with Crippen molar-refractivity contribution in [1.29, 1.82) is 0 Å². The van der Waals surface area contributed by atoms with Crippen molar-refractivity contribution in [2.24, 2.45) is 11.8 Å². The van der Waals surface area contributed by atoms with Gasteiger partial charge in [-0.25, -0.2) is 0 Å². The van der Waals surface area contributed by atoms with E-state index in [0.29, 0.717) is 6.54 Å². The quantitative estimate of drug-likeness (QED) is 0.474. The van der Waals surface area contributed by atoms with Crippen molar-refractivity contribution in [3.05, 3.63) is 12.2 Å². The summed E-state index contributed by atoms with van der Waals surface area (Å²) in [4.78, 5) is 24.3. The molecule has 15 heavy (non-hydrogen) atoms. The molecule has 3 aliphatic heterocycles. The number of rotatable bonds is 1. The maximum absolute atomic E-state index is 11.8. The van der Waals surface area contributed by atoms with E-state index in [4.69, 9.17) is 4.74 Å². The predicted molar refractivity (Wildman–Crippen MR) is 46.4 cm³/mol. The van der Waals surface area contributed by atoms with Crippen LogP contribution in [-0.4, -0.2) is 42.1 Å². The Morgan fingerprint density at radius 2 is 2.47 bits per heavy atom. The van der Waals surface area contributed by atoms with E-state index < -0.39 is 29.5 Å². The molecule has 3 rings (SSSR count). The monoisotopic (exact) mass is 208 g/mol. The number of nitrogens with zero attached hydrogens (tertiary/aromatic N) is 1. The van der Waals surface area contributed by atoms with Gasteiger partial charge in [0.25, 0.3) is 0 Å². The molecule has 3 heterocycles. The molecule has 5 nitrogen and oxygen atoms in total. The van der Waals surface area contributed by atoms with Crippen LogP contribution < -0.4 is 5.11 Å². The van der Waals surface area contributed by atoms with Gasteiger partial charge in [0.2, 0.25) is 5.91 Å². The molecule has 0 aromatic rings. The first kappa shape index (κ1) is 8.91. The fourth-order valence-electron chi connectivity index (χ4n) is 2.96. The molecule has 0 saturated carbocycles. The SMILES string of the molecule is CN1C[C@]23C=C[C@H](O2)[C@H](C(=O)[O-])[C@@H]3C1=O. The summed E-state index contributed by atoms with van der Waals surface area (Å²) in [5, 5.41) is 11.0. The Kier molecular flexibility index (Phi) is 1.43. The Morgan fingerprint density at radius 3 is 3.13 bits per heavy atom. The molecule has 2 bridgehead atoms. The fourth-order valence-corrected chi connectivity index (χ4v) is 2.96. The zero-order valence-electron chi connectivity index (χ0n) is 8.17. The van der Waals surface area contributed by atoms with E-state index >= 15 is 0 Å². The number of aliphatic carboxylic acids is 1. The van der Waals surface area contributed by atoms with Gasteiger partial charge < -0.3 is 19.5 Å². The molecule has 0 radical (unpaired) electrons. The molecule has 80 valence electrons. The average molecular weight is 208 g/mol. The second-order valence-corrected chi connectivity index (χ2v) is 4.41. The number of likely N-dealkylation sites (N-methyl/N-ethyl adjacent to an activating group) is 1. The minimum Gasteiger partial charge on any atom is -0.550 e. The third-order valence-corrected chi connectivity index (χ3v) is 3.56. The summed E-state index contributed by atoms with van der Waals surface area (Å²) in [6.45, 7) is 0.438. The molecule has 0 N–H and O–H groups in total. The van der Waals surface area contributed by atoms with E-state index in [9.17, 15) is 14.7 Å². The Labute approximate surface area is 86.3 Å². The molecule has 4 atom stereocenters. The van der Waals surface area contributed by atoms with Crippen LogP contribution in [0.25, 0.3) is 0 Å². The van der Waals surface area contributed by atoms with Gasteiger partial charge in [-0.15, -0.1) is 0 Å². The Bertz CT molecular complexity index is 391. The van der Waals surface area contributed by atoms with Gasteiger partial charge in [-0.05, 0) is 0 Å². The first-order valence-electron chi connectivity index (χ1n) is 4.88. The van der Waals surface area contributed by atoms with Crippen molar-refractivity contribution >= 4 is 11.9 Å². The third-order valence-electron chi connectivity index (χ3n) is 3.56. The number of likely N-dealkylation sites (tertiary alicyclic amines) is 1.